The van der Waals surface area contributed by atoms with Crippen molar-refractivity contribution >= 4 is 22.6 Å². The summed E-state index contributed by atoms with van der Waals surface area (Å²) < 4.78 is 4.58. The van der Waals surface area contributed by atoms with Crippen molar-refractivity contribution in [1.82, 2.24) is 14.3 Å². The average molecular weight is 413 g/mol. The van der Waals surface area contributed by atoms with Crippen LogP contribution in [0.5, 0.6) is 0 Å². The van der Waals surface area contributed by atoms with Crippen LogP contribution in [0.3, 0.4) is 0 Å². The number of hydrogen-bond donors (Lipinski definition) is 0. The normalized spacial score (nSPS) is 18.2. The fourth-order valence-corrected chi connectivity index (χ4v) is 5.21. The summed E-state index contributed by atoms with van der Waals surface area (Å²) in [6.07, 6.45) is 8.93. The van der Waals surface area contributed by atoms with Gasteiger partial charge in [-0.25, -0.2) is 4.98 Å². The summed E-state index contributed by atoms with van der Waals surface area (Å²) in [4.78, 5) is 21.8. The first-order chi connectivity index (χ1) is 14.2. The number of amides is 1. The minimum atomic E-state index is 0.344. The molecule has 0 unspecified atom stereocenters. The number of anilines is 1. The highest BCUT2D eigenvalue weighted by Gasteiger charge is 2.23. The Hall–Kier alpha value is -1.95. The van der Waals surface area contributed by atoms with E-state index in [2.05, 4.69) is 45.4 Å². The Morgan fingerprint density at radius 1 is 1.07 bits per heavy atom. The number of benzene rings is 1. The molecule has 1 aliphatic heterocycles. The van der Waals surface area contributed by atoms with Gasteiger partial charge in [0.15, 0.2) is 0 Å². The second kappa shape index (κ2) is 9.70. The average Bonchev–Trinajstić information content (AvgIpc) is 3.35. The topological polar surface area (TPSA) is 49.3 Å². The Bertz CT molecular complexity index is 797. The number of nitrogens with zero attached hydrogens (tertiary/aromatic N) is 4. The third kappa shape index (κ3) is 5.56. The van der Waals surface area contributed by atoms with Crippen molar-refractivity contribution in [2.24, 2.45) is 5.92 Å². The van der Waals surface area contributed by atoms with Crippen LogP contribution in [0.2, 0.25) is 0 Å². The maximum atomic E-state index is 12.7. The molecule has 1 saturated heterocycles. The highest BCUT2D eigenvalue weighted by molar-refractivity contribution is 7.09. The predicted molar refractivity (Wildman–Crippen MR) is 118 cm³/mol. The molecule has 0 N–H and O–H groups in total. The molecule has 0 spiro atoms. The molecule has 2 heterocycles. The van der Waals surface area contributed by atoms with E-state index in [1.54, 1.807) is 0 Å². The molecule has 29 heavy (non-hydrogen) atoms. The van der Waals surface area contributed by atoms with Gasteiger partial charge in [0, 0.05) is 50.6 Å². The van der Waals surface area contributed by atoms with Crippen molar-refractivity contribution < 1.29 is 4.79 Å². The molecule has 156 valence electrons. The van der Waals surface area contributed by atoms with Gasteiger partial charge in [0.25, 0.3) is 0 Å². The summed E-state index contributed by atoms with van der Waals surface area (Å²) in [5.74, 6) is 2.02. The molecular weight excluding hydrogens is 380 g/mol. The van der Waals surface area contributed by atoms with Gasteiger partial charge in [0.05, 0.1) is 0 Å². The molecule has 1 aromatic carbocycles. The Balaban J connectivity index is 1.28. The van der Waals surface area contributed by atoms with Gasteiger partial charge in [-0.3, -0.25) is 4.79 Å². The van der Waals surface area contributed by atoms with Crippen LogP contribution in [0.15, 0.2) is 24.3 Å². The molecule has 2 aromatic rings. The van der Waals surface area contributed by atoms with Gasteiger partial charge in [-0.05, 0) is 31.2 Å². The molecule has 1 saturated carbocycles. The van der Waals surface area contributed by atoms with Crippen LogP contribution in [-0.2, 0) is 11.2 Å². The smallest absolute Gasteiger partial charge is 0.222 e. The second-order valence-electron chi connectivity index (χ2n) is 8.57. The molecule has 1 aromatic heterocycles. The number of rotatable bonds is 6. The van der Waals surface area contributed by atoms with E-state index in [9.17, 15) is 4.79 Å². The number of aromatic nitrogens is 2. The molecule has 1 aliphatic carbocycles. The summed E-state index contributed by atoms with van der Waals surface area (Å²) in [6, 6.07) is 8.57. The van der Waals surface area contributed by atoms with Crippen molar-refractivity contribution in [2.45, 2.75) is 58.3 Å². The van der Waals surface area contributed by atoms with Crippen molar-refractivity contribution in [3.63, 3.8) is 0 Å². The van der Waals surface area contributed by atoms with Crippen LogP contribution < -0.4 is 4.90 Å². The fourth-order valence-electron chi connectivity index (χ4n) is 4.48. The SMILES string of the molecule is Cc1ccc(Cc2nsc(N3CCCN(C(=O)CCC4CCCC4)CC3)n2)cc1. The maximum Gasteiger partial charge on any atom is 0.222 e. The van der Waals surface area contributed by atoms with Gasteiger partial charge in [-0.2, -0.15) is 4.37 Å². The monoisotopic (exact) mass is 412 g/mol. The quantitative estimate of drug-likeness (QED) is 0.703. The predicted octanol–water partition coefficient (Wildman–Crippen LogP) is 4.45. The Labute approximate surface area is 178 Å². The molecule has 2 fully saturated rings. The lowest BCUT2D eigenvalue weighted by atomic mass is 10.0. The zero-order valence-corrected chi connectivity index (χ0v) is 18.3. The molecule has 6 heteroatoms. The minimum absolute atomic E-state index is 0.344. The van der Waals surface area contributed by atoms with E-state index in [0.29, 0.717) is 5.91 Å². The van der Waals surface area contributed by atoms with Gasteiger partial charge in [-0.15, -0.1) is 0 Å². The standard InChI is InChI=1S/C23H32N4OS/c1-18-7-9-20(10-8-18)17-21-24-23(29-25-21)27-14-4-13-26(15-16-27)22(28)12-11-19-5-2-3-6-19/h7-10,19H,2-6,11-17H2,1H3. The lowest BCUT2D eigenvalue weighted by molar-refractivity contribution is -0.131. The van der Waals surface area contributed by atoms with Gasteiger partial charge < -0.3 is 9.80 Å². The summed E-state index contributed by atoms with van der Waals surface area (Å²) in [5, 5.41) is 0.993. The summed E-state index contributed by atoms with van der Waals surface area (Å²) in [7, 11) is 0. The van der Waals surface area contributed by atoms with Crippen LogP contribution in [0, 0.1) is 12.8 Å². The Morgan fingerprint density at radius 3 is 2.66 bits per heavy atom. The number of aryl methyl sites for hydroxylation is 1. The molecule has 5 nitrogen and oxygen atoms in total. The zero-order valence-electron chi connectivity index (χ0n) is 17.5. The van der Waals surface area contributed by atoms with Crippen LogP contribution in [0.1, 0.15) is 61.9 Å². The molecule has 0 radical (unpaired) electrons. The first kappa shape index (κ1) is 20.3. The molecule has 0 bridgehead atoms. The van der Waals surface area contributed by atoms with E-state index < -0.39 is 0 Å². The lowest BCUT2D eigenvalue weighted by Gasteiger charge is -2.22. The lowest BCUT2D eigenvalue weighted by Crippen LogP contribution is -2.35. The first-order valence-corrected chi connectivity index (χ1v) is 11.9. The Morgan fingerprint density at radius 2 is 1.86 bits per heavy atom. The zero-order chi connectivity index (χ0) is 20.1. The highest BCUT2D eigenvalue weighted by Crippen LogP contribution is 2.29. The van der Waals surface area contributed by atoms with Crippen LogP contribution >= 0.6 is 11.5 Å². The van der Waals surface area contributed by atoms with Gasteiger partial charge in [0.1, 0.15) is 5.82 Å². The van der Waals surface area contributed by atoms with E-state index in [-0.39, 0.29) is 0 Å². The van der Waals surface area contributed by atoms with E-state index in [4.69, 9.17) is 4.98 Å². The third-order valence-electron chi connectivity index (χ3n) is 6.30. The maximum absolute atomic E-state index is 12.7. The van der Waals surface area contributed by atoms with Crippen LogP contribution in [0.25, 0.3) is 0 Å². The van der Waals surface area contributed by atoms with Gasteiger partial charge in [0.2, 0.25) is 11.0 Å². The molecule has 1 amide bonds. The van der Waals surface area contributed by atoms with E-state index in [0.717, 1.165) is 68.7 Å². The van der Waals surface area contributed by atoms with Gasteiger partial charge >= 0.3 is 0 Å². The molecule has 2 aliphatic rings. The first-order valence-electron chi connectivity index (χ1n) is 11.1. The fraction of sp³-hybridized carbons (Fsp3) is 0.609. The largest absolute Gasteiger partial charge is 0.345 e. The number of carbonyl (C=O) groups is 1. The summed E-state index contributed by atoms with van der Waals surface area (Å²) >= 11 is 1.49. The second-order valence-corrected chi connectivity index (χ2v) is 9.30. The Kier molecular flexibility index (Phi) is 6.80. The van der Waals surface area contributed by atoms with E-state index in [1.165, 1.54) is 48.3 Å². The summed E-state index contributed by atoms with van der Waals surface area (Å²) in [5.41, 5.74) is 2.52. The summed E-state index contributed by atoms with van der Waals surface area (Å²) in [6.45, 7) is 5.58. The van der Waals surface area contributed by atoms with Crippen molar-refractivity contribution in [1.29, 1.82) is 0 Å². The number of carbonyl (C=O) groups excluding carboxylic acids is 1. The minimum Gasteiger partial charge on any atom is -0.345 e. The molecule has 4 rings (SSSR count). The van der Waals surface area contributed by atoms with Gasteiger partial charge in [-0.1, -0.05) is 55.5 Å². The molecular formula is C23H32N4OS. The van der Waals surface area contributed by atoms with E-state index in [1.807, 2.05) is 0 Å². The van der Waals surface area contributed by atoms with Crippen molar-refractivity contribution in [3.05, 3.63) is 41.2 Å². The third-order valence-corrected chi connectivity index (χ3v) is 7.12. The van der Waals surface area contributed by atoms with Crippen LogP contribution in [-0.4, -0.2) is 46.3 Å². The van der Waals surface area contributed by atoms with E-state index >= 15 is 0 Å². The number of hydrogen-bond acceptors (Lipinski definition) is 5. The van der Waals surface area contributed by atoms with Crippen molar-refractivity contribution in [2.75, 3.05) is 31.1 Å². The van der Waals surface area contributed by atoms with Crippen LogP contribution in [0.4, 0.5) is 5.13 Å². The highest BCUT2D eigenvalue weighted by atomic mass is 32.1. The van der Waals surface area contributed by atoms with Crippen molar-refractivity contribution in [3.8, 4) is 0 Å². The molecule has 0 atom stereocenters.